The monoisotopic (exact) mass is 394 g/mol. The summed E-state index contributed by atoms with van der Waals surface area (Å²) in [7, 11) is 0. The molecule has 2 heterocycles. The fourth-order valence-electron chi connectivity index (χ4n) is 2.69. The molecule has 1 N–H and O–H groups in total. The van der Waals surface area contributed by atoms with Gasteiger partial charge in [-0.1, -0.05) is 24.3 Å². The highest BCUT2D eigenvalue weighted by Gasteiger charge is 2.13. The number of nitrogens with one attached hydrogen (secondary N) is 1. The standard InChI is InChI=1S/C22H22N2O3S/c1-16(24-22(26)11-10-20(25)21-5-3-13-28-21)18-6-8-19(9-7-18)27-15-17-4-2-12-23-14-17/h2-9,12-14,16H,10-11,15H2,1H3,(H,24,26). The molecule has 5 nitrogen and oxygen atoms in total. The molecular formula is C22H22N2O3S. The second-order valence-corrected chi connectivity index (χ2v) is 7.36. The molecule has 0 fully saturated rings. The number of thiophene rings is 1. The first-order valence-electron chi connectivity index (χ1n) is 9.09. The lowest BCUT2D eigenvalue weighted by Gasteiger charge is -2.15. The van der Waals surface area contributed by atoms with Gasteiger partial charge in [0.25, 0.3) is 0 Å². The largest absolute Gasteiger partial charge is 0.489 e. The molecule has 1 unspecified atom stereocenters. The molecular weight excluding hydrogens is 372 g/mol. The number of carbonyl (C=O) groups is 2. The topological polar surface area (TPSA) is 68.3 Å². The first-order chi connectivity index (χ1) is 13.6. The van der Waals surface area contributed by atoms with Crippen LogP contribution in [0, 0.1) is 0 Å². The molecule has 0 saturated carbocycles. The number of amides is 1. The smallest absolute Gasteiger partial charge is 0.220 e. The summed E-state index contributed by atoms with van der Waals surface area (Å²) in [6.07, 6.45) is 3.91. The summed E-state index contributed by atoms with van der Waals surface area (Å²) >= 11 is 1.40. The third kappa shape index (κ3) is 5.76. The van der Waals surface area contributed by atoms with Crippen molar-refractivity contribution in [1.82, 2.24) is 10.3 Å². The van der Waals surface area contributed by atoms with E-state index in [-0.39, 0.29) is 30.6 Å². The maximum Gasteiger partial charge on any atom is 0.220 e. The summed E-state index contributed by atoms with van der Waals surface area (Å²) in [6, 6.07) is 14.9. The van der Waals surface area contributed by atoms with Crippen molar-refractivity contribution in [2.75, 3.05) is 0 Å². The van der Waals surface area contributed by atoms with Crippen molar-refractivity contribution in [2.45, 2.75) is 32.4 Å². The Morgan fingerprint density at radius 3 is 2.61 bits per heavy atom. The van der Waals surface area contributed by atoms with Crippen molar-refractivity contribution in [3.63, 3.8) is 0 Å². The van der Waals surface area contributed by atoms with Crippen molar-refractivity contribution in [3.05, 3.63) is 82.3 Å². The number of rotatable bonds is 9. The second-order valence-electron chi connectivity index (χ2n) is 6.41. The van der Waals surface area contributed by atoms with E-state index >= 15 is 0 Å². The Bertz CT molecular complexity index is 893. The van der Waals surface area contributed by atoms with E-state index in [1.807, 2.05) is 54.8 Å². The molecule has 0 saturated heterocycles. The minimum absolute atomic E-state index is 0.00733. The van der Waals surface area contributed by atoms with E-state index in [4.69, 9.17) is 4.74 Å². The van der Waals surface area contributed by atoms with Crippen molar-refractivity contribution >= 4 is 23.0 Å². The van der Waals surface area contributed by atoms with E-state index in [2.05, 4.69) is 10.3 Å². The van der Waals surface area contributed by atoms with Gasteiger partial charge in [-0.25, -0.2) is 0 Å². The average molecular weight is 394 g/mol. The normalized spacial score (nSPS) is 11.6. The lowest BCUT2D eigenvalue weighted by molar-refractivity contribution is -0.121. The van der Waals surface area contributed by atoms with Crippen LogP contribution in [0.3, 0.4) is 0 Å². The van der Waals surface area contributed by atoms with E-state index in [0.717, 1.165) is 16.9 Å². The first-order valence-corrected chi connectivity index (χ1v) is 9.97. The van der Waals surface area contributed by atoms with Crippen molar-refractivity contribution in [3.8, 4) is 5.75 Å². The molecule has 0 spiro atoms. The average Bonchev–Trinajstić information content (AvgIpc) is 3.26. The highest BCUT2D eigenvalue weighted by Crippen LogP contribution is 2.19. The van der Waals surface area contributed by atoms with Gasteiger partial charge in [-0.15, -0.1) is 11.3 Å². The SMILES string of the molecule is CC(NC(=O)CCC(=O)c1cccs1)c1ccc(OCc2cccnc2)cc1. The Balaban J connectivity index is 1.45. The Morgan fingerprint density at radius 2 is 1.93 bits per heavy atom. The second kappa shape index (κ2) is 9.80. The van der Waals surface area contributed by atoms with Crippen molar-refractivity contribution < 1.29 is 14.3 Å². The van der Waals surface area contributed by atoms with E-state index < -0.39 is 0 Å². The lowest BCUT2D eigenvalue weighted by Crippen LogP contribution is -2.26. The maximum atomic E-state index is 12.1. The molecule has 3 aromatic rings. The molecule has 0 bridgehead atoms. The number of benzene rings is 1. The summed E-state index contributed by atoms with van der Waals surface area (Å²) < 4.78 is 5.74. The first kappa shape index (κ1) is 19.8. The van der Waals surface area contributed by atoms with Crippen molar-refractivity contribution in [1.29, 1.82) is 0 Å². The van der Waals surface area contributed by atoms with Crippen molar-refractivity contribution in [2.24, 2.45) is 0 Å². The Labute approximate surface area is 168 Å². The number of carbonyl (C=O) groups excluding carboxylic acids is 2. The summed E-state index contributed by atoms with van der Waals surface area (Å²) in [5.74, 6) is 0.634. The summed E-state index contributed by atoms with van der Waals surface area (Å²) in [5, 5.41) is 4.80. The number of aromatic nitrogens is 1. The molecule has 3 rings (SSSR count). The minimum atomic E-state index is -0.142. The molecule has 0 aliphatic heterocycles. The van der Waals surface area contributed by atoms with Crippen LogP contribution in [0.15, 0.2) is 66.3 Å². The van der Waals surface area contributed by atoms with E-state index in [9.17, 15) is 9.59 Å². The van der Waals surface area contributed by atoms with Crippen LogP contribution in [0.5, 0.6) is 5.75 Å². The molecule has 0 aliphatic rings. The highest BCUT2D eigenvalue weighted by molar-refractivity contribution is 7.12. The lowest BCUT2D eigenvalue weighted by atomic mass is 10.1. The molecule has 2 aromatic heterocycles. The maximum absolute atomic E-state index is 12.1. The van der Waals surface area contributed by atoms with Gasteiger partial charge in [-0.2, -0.15) is 0 Å². The minimum Gasteiger partial charge on any atom is -0.489 e. The van der Waals surface area contributed by atoms with E-state index in [1.54, 1.807) is 18.5 Å². The van der Waals surface area contributed by atoms with Crippen LogP contribution < -0.4 is 10.1 Å². The zero-order chi connectivity index (χ0) is 19.8. The predicted molar refractivity (Wildman–Crippen MR) is 109 cm³/mol. The van der Waals surface area contributed by atoms with Crippen LogP contribution in [0.4, 0.5) is 0 Å². The fourth-order valence-corrected chi connectivity index (χ4v) is 3.38. The van der Waals surface area contributed by atoms with E-state index in [0.29, 0.717) is 11.5 Å². The van der Waals surface area contributed by atoms with Gasteiger partial charge in [0.2, 0.25) is 5.91 Å². The molecule has 0 radical (unpaired) electrons. The fraction of sp³-hybridized carbons (Fsp3) is 0.227. The summed E-state index contributed by atoms with van der Waals surface area (Å²) in [6.45, 7) is 2.38. The Morgan fingerprint density at radius 1 is 1.11 bits per heavy atom. The van der Waals surface area contributed by atoms with Gasteiger partial charge in [0.1, 0.15) is 12.4 Å². The van der Waals surface area contributed by atoms with E-state index in [1.165, 1.54) is 11.3 Å². The summed E-state index contributed by atoms with van der Waals surface area (Å²) in [5.41, 5.74) is 1.98. The van der Waals surface area contributed by atoms with Crippen LogP contribution in [0.1, 0.15) is 46.6 Å². The molecule has 0 aliphatic carbocycles. The van der Waals surface area contributed by atoms with Crippen LogP contribution >= 0.6 is 11.3 Å². The zero-order valence-corrected chi connectivity index (χ0v) is 16.4. The van der Waals surface area contributed by atoms with Crippen LogP contribution in [0.2, 0.25) is 0 Å². The third-order valence-electron chi connectivity index (χ3n) is 4.26. The molecule has 1 atom stereocenters. The molecule has 6 heteroatoms. The van der Waals surface area contributed by atoms with Gasteiger partial charge < -0.3 is 10.1 Å². The number of hydrogen-bond donors (Lipinski definition) is 1. The van der Waals surface area contributed by atoms with Gasteiger partial charge in [-0.3, -0.25) is 14.6 Å². The number of pyridine rings is 1. The zero-order valence-electron chi connectivity index (χ0n) is 15.6. The molecule has 28 heavy (non-hydrogen) atoms. The number of nitrogens with zero attached hydrogens (tertiary/aromatic N) is 1. The van der Waals surface area contributed by atoms with Gasteiger partial charge in [0.15, 0.2) is 5.78 Å². The van der Waals surface area contributed by atoms with Crippen LogP contribution in [-0.2, 0) is 11.4 Å². The third-order valence-corrected chi connectivity index (χ3v) is 5.17. The Hall–Kier alpha value is -2.99. The number of Topliss-reactive ketones (excluding diaryl/α,β-unsaturated/α-hetero) is 1. The van der Waals surface area contributed by atoms with Gasteiger partial charge in [0.05, 0.1) is 10.9 Å². The van der Waals surface area contributed by atoms with Gasteiger partial charge in [0, 0.05) is 30.8 Å². The van der Waals surface area contributed by atoms with Crippen LogP contribution in [0.25, 0.3) is 0 Å². The summed E-state index contributed by atoms with van der Waals surface area (Å²) in [4.78, 5) is 28.9. The predicted octanol–water partition coefficient (Wildman–Crippen LogP) is 4.56. The molecule has 1 aromatic carbocycles. The van der Waals surface area contributed by atoms with Crippen LogP contribution in [-0.4, -0.2) is 16.7 Å². The molecule has 144 valence electrons. The number of ether oxygens (including phenoxy) is 1. The highest BCUT2D eigenvalue weighted by atomic mass is 32.1. The molecule has 1 amide bonds. The Kier molecular flexibility index (Phi) is 6.92. The quantitative estimate of drug-likeness (QED) is 0.540. The number of hydrogen-bond acceptors (Lipinski definition) is 5. The van der Waals surface area contributed by atoms with Gasteiger partial charge >= 0.3 is 0 Å². The number of ketones is 1. The van der Waals surface area contributed by atoms with Gasteiger partial charge in [-0.05, 0) is 42.1 Å².